The lowest BCUT2D eigenvalue weighted by Gasteiger charge is -2.18. The van der Waals surface area contributed by atoms with Gasteiger partial charge in [0, 0.05) is 46.9 Å². The number of likely N-dealkylation sites (N-methyl/N-ethyl adjacent to an activating group) is 1. The number of benzene rings is 1. The molecule has 0 radical (unpaired) electrons. The summed E-state index contributed by atoms with van der Waals surface area (Å²) in [6.45, 7) is 7.14. The molecule has 0 spiro atoms. The Labute approximate surface area is 170 Å². The number of hydrogen-bond acceptors (Lipinski definition) is 5. The van der Waals surface area contributed by atoms with Gasteiger partial charge in [-0.05, 0) is 50.9 Å². The molecule has 0 aliphatic rings. The SMILES string of the molecule is CCOc1cc(CCCNC(=NC)NCCN(C)CCCOC)ccc1OC. The van der Waals surface area contributed by atoms with E-state index in [4.69, 9.17) is 14.2 Å². The van der Waals surface area contributed by atoms with E-state index >= 15 is 0 Å². The highest BCUT2D eigenvalue weighted by atomic mass is 16.5. The molecule has 160 valence electrons. The maximum atomic E-state index is 5.64. The summed E-state index contributed by atoms with van der Waals surface area (Å²) in [5.74, 6) is 2.43. The molecule has 1 aromatic rings. The van der Waals surface area contributed by atoms with Gasteiger partial charge >= 0.3 is 0 Å². The predicted molar refractivity (Wildman–Crippen MR) is 116 cm³/mol. The molecule has 0 saturated heterocycles. The van der Waals surface area contributed by atoms with Crippen molar-refractivity contribution in [2.45, 2.75) is 26.2 Å². The number of ether oxygens (including phenoxy) is 3. The van der Waals surface area contributed by atoms with Crippen molar-refractivity contribution in [3.8, 4) is 11.5 Å². The zero-order chi connectivity index (χ0) is 20.6. The van der Waals surface area contributed by atoms with Crippen LogP contribution in [0.15, 0.2) is 23.2 Å². The number of aliphatic imine (C=N–C) groups is 1. The van der Waals surface area contributed by atoms with Crippen LogP contribution in [-0.2, 0) is 11.2 Å². The average molecular weight is 395 g/mol. The Morgan fingerprint density at radius 2 is 1.86 bits per heavy atom. The van der Waals surface area contributed by atoms with E-state index in [0.29, 0.717) is 6.61 Å². The van der Waals surface area contributed by atoms with Crippen LogP contribution in [0.2, 0.25) is 0 Å². The van der Waals surface area contributed by atoms with E-state index < -0.39 is 0 Å². The minimum Gasteiger partial charge on any atom is -0.493 e. The molecule has 1 rings (SSSR count). The highest BCUT2D eigenvalue weighted by Crippen LogP contribution is 2.28. The van der Waals surface area contributed by atoms with Crippen molar-refractivity contribution < 1.29 is 14.2 Å². The van der Waals surface area contributed by atoms with Crippen LogP contribution in [0.5, 0.6) is 11.5 Å². The Morgan fingerprint density at radius 1 is 1.07 bits per heavy atom. The third-order valence-corrected chi connectivity index (χ3v) is 4.36. The number of guanidine groups is 1. The van der Waals surface area contributed by atoms with Gasteiger partial charge < -0.3 is 29.7 Å². The molecule has 0 atom stereocenters. The third kappa shape index (κ3) is 9.80. The van der Waals surface area contributed by atoms with Crippen LogP contribution < -0.4 is 20.1 Å². The van der Waals surface area contributed by atoms with E-state index in [9.17, 15) is 0 Å². The lowest BCUT2D eigenvalue weighted by molar-refractivity contribution is 0.180. The van der Waals surface area contributed by atoms with E-state index in [-0.39, 0.29) is 0 Å². The third-order valence-electron chi connectivity index (χ3n) is 4.36. The Kier molecular flexibility index (Phi) is 12.9. The minimum atomic E-state index is 0.630. The Hall–Kier alpha value is -1.99. The van der Waals surface area contributed by atoms with Gasteiger partial charge in [-0.2, -0.15) is 0 Å². The zero-order valence-corrected chi connectivity index (χ0v) is 18.2. The van der Waals surface area contributed by atoms with Gasteiger partial charge in [-0.3, -0.25) is 4.99 Å². The fraction of sp³-hybridized carbons (Fsp3) is 0.667. The largest absolute Gasteiger partial charge is 0.493 e. The Balaban J connectivity index is 2.27. The predicted octanol–water partition coefficient (Wildman–Crippen LogP) is 2.16. The molecule has 0 aromatic heterocycles. The summed E-state index contributed by atoms with van der Waals surface area (Å²) < 4.78 is 16.1. The number of methoxy groups -OCH3 is 2. The fourth-order valence-corrected chi connectivity index (χ4v) is 2.82. The van der Waals surface area contributed by atoms with Crippen molar-refractivity contribution in [3.05, 3.63) is 23.8 Å². The normalized spacial score (nSPS) is 11.6. The highest BCUT2D eigenvalue weighted by Gasteiger charge is 2.06. The molecule has 28 heavy (non-hydrogen) atoms. The van der Waals surface area contributed by atoms with Crippen molar-refractivity contribution in [2.75, 3.05) is 67.7 Å². The smallest absolute Gasteiger partial charge is 0.191 e. The van der Waals surface area contributed by atoms with Gasteiger partial charge in [0.1, 0.15) is 0 Å². The van der Waals surface area contributed by atoms with E-state index in [1.165, 1.54) is 5.56 Å². The first kappa shape index (κ1) is 24.0. The van der Waals surface area contributed by atoms with Crippen LogP contribution in [0.25, 0.3) is 0 Å². The molecular weight excluding hydrogens is 356 g/mol. The molecule has 0 fully saturated rings. The van der Waals surface area contributed by atoms with Crippen LogP contribution in [0, 0.1) is 0 Å². The zero-order valence-electron chi connectivity index (χ0n) is 18.2. The summed E-state index contributed by atoms with van der Waals surface area (Å²) in [6.07, 6.45) is 3.03. The maximum Gasteiger partial charge on any atom is 0.191 e. The summed E-state index contributed by atoms with van der Waals surface area (Å²) in [7, 11) is 7.33. The minimum absolute atomic E-state index is 0.630. The van der Waals surface area contributed by atoms with Gasteiger partial charge in [0.2, 0.25) is 0 Å². The average Bonchev–Trinajstić information content (AvgIpc) is 2.70. The van der Waals surface area contributed by atoms with Gasteiger partial charge in [0.05, 0.1) is 13.7 Å². The topological polar surface area (TPSA) is 67.4 Å². The number of hydrogen-bond donors (Lipinski definition) is 2. The number of nitrogens with one attached hydrogen (secondary N) is 2. The van der Waals surface area contributed by atoms with Crippen molar-refractivity contribution >= 4 is 5.96 Å². The molecule has 1 aromatic carbocycles. The molecule has 0 aliphatic carbocycles. The summed E-state index contributed by atoms with van der Waals surface area (Å²) >= 11 is 0. The van der Waals surface area contributed by atoms with Crippen LogP contribution in [0.3, 0.4) is 0 Å². The van der Waals surface area contributed by atoms with Crippen LogP contribution in [0.4, 0.5) is 0 Å². The van der Waals surface area contributed by atoms with Gasteiger partial charge in [-0.25, -0.2) is 0 Å². The quantitative estimate of drug-likeness (QED) is 0.286. The molecule has 0 amide bonds. The standard InChI is InChI=1S/C21H38N4O3/c1-6-28-20-17-18(10-11-19(20)27-5)9-7-12-23-21(22-2)24-13-15-25(3)14-8-16-26-4/h10-11,17H,6-9,12-16H2,1-5H3,(H2,22,23,24). The van der Waals surface area contributed by atoms with Crippen LogP contribution in [-0.4, -0.2) is 78.6 Å². The van der Waals surface area contributed by atoms with Crippen LogP contribution in [0.1, 0.15) is 25.3 Å². The van der Waals surface area contributed by atoms with E-state index in [1.807, 2.05) is 13.0 Å². The molecular formula is C21H38N4O3. The molecule has 2 N–H and O–H groups in total. The van der Waals surface area contributed by atoms with Gasteiger partial charge in [0.25, 0.3) is 0 Å². The number of aryl methyl sites for hydroxylation is 1. The first-order valence-corrected chi connectivity index (χ1v) is 10.1. The second kappa shape index (κ2) is 15.0. The van der Waals surface area contributed by atoms with Gasteiger partial charge in [-0.1, -0.05) is 6.07 Å². The number of nitrogens with zero attached hydrogens (tertiary/aromatic N) is 2. The van der Waals surface area contributed by atoms with Gasteiger partial charge in [-0.15, -0.1) is 0 Å². The lowest BCUT2D eigenvalue weighted by atomic mass is 10.1. The molecule has 7 heteroatoms. The monoisotopic (exact) mass is 394 g/mol. The lowest BCUT2D eigenvalue weighted by Crippen LogP contribution is -2.41. The first-order valence-electron chi connectivity index (χ1n) is 10.1. The molecule has 0 saturated carbocycles. The summed E-state index contributed by atoms with van der Waals surface area (Å²) in [6, 6.07) is 6.13. The van der Waals surface area contributed by atoms with E-state index in [2.05, 4.69) is 39.7 Å². The second-order valence-corrected chi connectivity index (χ2v) is 6.60. The van der Waals surface area contributed by atoms with E-state index in [0.717, 1.165) is 69.5 Å². The van der Waals surface area contributed by atoms with Crippen molar-refractivity contribution in [2.24, 2.45) is 4.99 Å². The first-order chi connectivity index (χ1) is 13.6. The van der Waals surface area contributed by atoms with Gasteiger partial charge in [0.15, 0.2) is 17.5 Å². The molecule has 0 bridgehead atoms. The second-order valence-electron chi connectivity index (χ2n) is 6.60. The molecule has 0 heterocycles. The summed E-state index contributed by atoms with van der Waals surface area (Å²) in [4.78, 5) is 6.58. The van der Waals surface area contributed by atoms with Crippen molar-refractivity contribution in [1.29, 1.82) is 0 Å². The van der Waals surface area contributed by atoms with Crippen molar-refractivity contribution in [1.82, 2.24) is 15.5 Å². The Morgan fingerprint density at radius 3 is 2.54 bits per heavy atom. The fourth-order valence-electron chi connectivity index (χ4n) is 2.82. The van der Waals surface area contributed by atoms with Crippen molar-refractivity contribution in [3.63, 3.8) is 0 Å². The van der Waals surface area contributed by atoms with Crippen LogP contribution >= 0.6 is 0 Å². The summed E-state index contributed by atoms with van der Waals surface area (Å²) in [5, 5.41) is 6.73. The molecule has 0 unspecified atom stereocenters. The Bertz CT molecular complexity index is 567. The molecule has 0 aliphatic heterocycles. The summed E-state index contributed by atoms with van der Waals surface area (Å²) in [5.41, 5.74) is 1.24. The maximum absolute atomic E-state index is 5.64. The number of rotatable bonds is 14. The molecule has 7 nitrogen and oxygen atoms in total. The highest BCUT2D eigenvalue weighted by molar-refractivity contribution is 5.79. The van der Waals surface area contributed by atoms with E-state index in [1.54, 1.807) is 21.3 Å².